The van der Waals surface area contributed by atoms with Crippen LogP contribution in [-0.2, 0) is 0 Å². The fraction of sp³-hybridized carbons (Fsp3) is 0.250. The molecule has 0 radical (unpaired) electrons. The molecule has 1 heterocycles. The number of hydrogen-bond acceptors (Lipinski definition) is 4. The van der Waals surface area contributed by atoms with Crippen LogP contribution in [0.4, 0.5) is 5.13 Å². The normalized spacial score (nSPS) is 9.90. The number of rotatable bonds is 2. The largest absolute Gasteiger partial charge is 0.320 e. The number of amides is 1. The van der Waals surface area contributed by atoms with E-state index in [1.807, 2.05) is 32.9 Å². The Kier molecular flexibility index (Phi) is 4.73. The predicted octanol–water partition coefficient (Wildman–Crippen LogP) is 2.63. The quantitative estimate of drug-likeness (QED) is 0.838. The summed E-state index contributed by atoms with van der Waals surface area (Å²) in [5, 5.41) is 3.46. The predicted molar refractivity (Wildman–Crippen MR) is 86.7 cm³/mol. The van der Waals surface area contributed by atoms with Crippen LogP contribution in [0.1, 0.15) is 32.1 Å². The molecule has 0 fully saturated rings. The number of aromatic nitrogens is 1. The topological polar surface area (TPSA) is 68.0 Å². The molecular weight excluding hydrogens is 282 g/mol. The number of nitrogens with zero attached hydrogens (tertiary/aromatic N) is 1. The number of aryl methyl sites for hydroxylation is 3. The number of thiazole rings is 1. The standard InChI is InChI=1S/C16H17N3OS/c1-10-6-7-13(5-4-8-17)9-14(10)15(20)19-16-18-11(2)12(3)21-16/h6-7,9H,8,17H2,1-3H3,(H,18,19,20). The van der Waals surface area contributed by atoms with Gasteiger partial charge in [-0.1, -0.05) is 17.9 Å². The van der Waals surface area contributed by atoms with Crippen LogP contribution in [0.25, 0.3) is 0 Å². The highest BCUT2D eigenvalue weighted by molar-refractivity contribution is 7.15. The first-order valence-corrected chi connectivity index (χ1v) is 7.38. The van der Waals surface area contributed by atoms with E-state index in [0.717, 1.165) is 21.7 Å². The van der Waals surface area contributed by atoms with Crippen molar-refractivity contribution in [3.05, 3.63) is 45.5 Å². The molecule has 0 aliphatic rings. The van der Waals surface area contributed by atoms with Gasteiger partial charge in [0, 0.05) is 16.0 Å². The monoisotopic (exact) mass is 299 g/mol. The van der Waals surface area contributed by atoms with Gasteiger partial charge in [-0.05, 0) is 38.5 Å². The molecule has 0 saturated carbocycles. The van der Waals surface area contributed by atoms with Crippen molar-refractivity contribution < 1.29 is 4.79 Å². The summed E-state index contributed by atoms with van der Waals surface area (Å²) >= 11 is 1.47. The molecule has 0 bridgehead atoms. The first-order valence-electron chi connectivity index (χ1n) is 6.56. The van der Waals surface area contributed by atoms with Crippen molar-refractivity contribution in [3.63, 3.8) is 0 Å². The van der Waals surface area contributed by atoms with Crippen molar-refractivity contribution >= 4 is 22.4 Å². The van der Waals surface area contributed by atoms with Crippen molar-refractivity contribution in [1.29, 1.82) is 0 Å². The average Bonchev–Trinajstić information content (AvgIpc) is 2.76. The second-order valence-corrected chi connectivity index (χ2v) is 5.85. The van der Waals surface area contributed by atoms with Crippen LogP contribution in [-0.4, -0.2) is 17.4 Å². The highest BCUT2D eigenvalue weighted by Gasteiger charge is 2.12. The summed E-state index contributed by atoms with van der Waals surface area (Å²) in [6.45, 7) is 6.10. The molecular formula is C16H17N3OS. The average molecular weight is 299 g/mol. The van der Waals surface area contributed by atoms with Crippen LogP contribution in [0, 0.1) is 32.6 Å². The first kappa shape index (κ1) is 15.2. The van der Waals surface area contributed by atoms with Gasteiger partial charge in [-0.15, -0.1) is 11.3 Å². The van der Waals surface area contributed by atoms with Crippen LogP contribution in [0.3, 0.4) is 0 Å². The summed E-state index contributed by atoms with van der Waals surface area (Å²) in [5.74, 6) is 5.55. The highest BCUT2D eigenvalue weighted by Crippen LogP contribution is 2.22. The third-order valence-electron chi connectivity index (χ3n) is 3.07. The van der Waals surface area contributed by atoms with Crippen molar-refractivity contribution in [2.24, 2.45) is 5.73 Å². The lowest BCUT2D eigenvalue weighted by Gasteiger charge is -2.06. The molecule has 21 heavy (non-hydrogen) atoms. The van der Waals surface area contributed by atoms with Crippen LogP contribution in [0.5, 0.6) is 0 Å². The summed E-state index contributed by atoms with van der Waals surface area (Å²) in [7, 11) is 0. The molecule has 0 atom stereocenters. The second-order valence-electron chi connectivity index (χ2n) is 4.65. The summed E-state index contributed by atoms with van der Waals surface area (Å²) in [6.07, 6.45) is 0. The summed E-state index contributed by atoms with van der Waals surface area (Å²) in [6, 6.07) is 5.54. The van der Waals surface area contributed by atoms with E-state index in [4.69, 9.17) is 5.73 Å². The summed E-state index contributed by atoms with van der Waals surface area (Å²) < 4.78 is 0. The maximum atomic E-state index is 12.4. The van der Waals surface area contributed by atoms with E-state index >= 15 is 0 Å². The fourth-order valence-electron chi connectivity index (χ4n) is 1.79. The number of carbonyl (C=O) groups is 1. The van der Waals surface area contributed by atoms with E-state index in [-0.39, 0.29) is 5.91 Å². The van der Waals surface area contributed by atoms with Gasteiger partial charge >= 0.3 is 0 Å². The van der Waals surface area contributed by atoms with Gasteiger partial charge in [-0.3, -0.25) is 10.1 Å². The van der Waals surface area contributed by atoms with Gasteiger partial charge in [0.2, 0.25) is 0 Å². The van der Waals surface area contributed by atoms with Gasteiger partial charge in [0.25, 0.3) is 5.91 Å². The van der Waals surface area contributed by atoms with E-state index in [1.54, 1.807) is 6.07 Å². The molecule has 0 aliphatic carbocycles. The number of anilines is 1. The maximum absolute atomic E-state index is 12.4. The molecule has 3 N–H and O–H groups in total. The van der Waals surface area contributed by atoms with Gasteiger partial charge in [0.1, 0.15) is 0 Å². The van der Waals surface area contributed by atoms with Crippen LogP contribution >= 0.6 is 11.3 Å². The summed E-state index contributed by atoms with van der Waals surface area (Å²) in [5.41, 5.74) is 8.58. The van der Waals surface area contributed by atoms with Crippen molar-refractivity contribution in [1.82, 2.24) is 4.98 Å². The Morgan fingerprint density at radius 3 is 2.76 bits per heavy atom. The molecule has 1 amide bonds. The van der Waals surface area contributed by atoms with Crippen molar-refractivity contribution in [2.75, 3.05) is 11.9 Å². The molecule has 1 aromatic heterocycles. The number of nitrogens with one attached hydrogen (secondary N) is 1. The molecule has 5 heteroatoms. The molecule has 2 aromatic rings. The lowest BCUT2D eigenvalue weighted by Crippen LogP contribution is -2.13. The third kappa shape index (κ3) is 3.69. The second kappa shape index (κ2) is 6.53. The number of nitrogens with two attached hydrogens (primary N) is 1. The molecule has 1 aromatic carbocycles. The Balaban J connectivity index is 2.25. The zero-order valence-corrected chi connectivity index (χ0v) is 13.1. The molecule has 0 aliphatic heterocycles. The minimum absolute atomic E-state index is 0.169. The molecule has 4 nitrogen and oxygen atoms in total. The van der Waals surface area contributed by atoms with Gasteiger partial charge in [0.15, 0.2) is 5.13 Å². The van der Waals surface area contributed by atoms with Gasteiger partial charge in [-0.25, -0.2) is 4.98 Å². The van der Waals surface area contributed by atoms with Crippen LogP contribution in [0.2, 0.25) is 0 Å². The van der Waals surface area contributed by atoms with Crippen molar-refractivity contribution in [2.45, 2.75) is 20.8 Å². The molecule has 0 saturated heterocycles. The van der Waals surface area contributed by atoms with Crippen LogP contribution in [0.15, 0.2) is 18.2 Å². The number of benzene rings is 1. The summed E-state index contributed by atoms with van der Waals surface area (Å²) in [4.78, 5) is 17.8. The minimum atomic E-state index is -0.169. The lowest BCUT2D eigenvalue weighted by molar-refractivity contribution is 0.102. The first-order chi connectivity index (χ1) is 10.0. The zero-order valence-electron chi connectivity index (χ0n) is 12.3. The number of hydrogen-bond donors (Lipinski definition) is 2. The SMILES string of the molecule is Cc1ccc(C#CCN)cc1C(=O)Nc1nc(C)c(C)s1. The van der Waals surface area contributed by atoms with Crippen molar-refractivity contribution in [3.8, 4) is 11.8 Å². The Morgan fingerprint density at radius 2 is 2.14 bits per heavy atom. The maximum Gasteiger partial charge on any atom is 0.257 e. The van der Waals surface area contributed by atoms with E-state index in [9.17, 15) is 4.79 Å². The lowest BCUT2D eigenvalue weighted by atomic mass is 10.0. The van der Waals surface area contributed by atoms with Gasteiger partial charge < -0.3 is 5.73 Å². The van der Waals surface area contributed by atoms with E-state index < -0.39 is 0 Å². The Labute approximate surface area is 128 Å². The fourth-order valence-corrected chi connectivity index (χ4v) is 2.60. The zero-order chi connectivity index (χ0) is 15.4. The molecule has 2 rings (SSSR count). The van der Waals surface area contributed by atoms with E-state index in [0.29, 0.717) is 17.2 Å². The molecule has 108 valence electrons. The molecule has 0 spiro atoms. The van der Waals surface area contributed by atoms with E-state index in [1.165, 1.54) is 11.3 Å². The van der Waals surface area contributed by atoms with E-state index in [2.05, 4.69) is 22.1 Å². The van der Waals surface area contributed by atoms with Crippen LogP contribution < -0.4 is 11.1 Å². The Bertz CT molecular complexity index is 718. The minimum Gasteiger partial charge on any atom is -0.320 e. The smallest absolute Gasteiger partial charge is 0.257 e. The third-order valence-corrected chi connectivity index (χ3v) is 4.05. The Hall–Kier alpha value is -2.16. The molecule has 0 unspecified atom stereocenters. The van der Waals surface area contributed by atoms with Gasteiger partial charge in [-0.2, -0.15) is 0 Å². The number of carbonyl (C=O) groups excluding carboxylic acids is 1. The Morgan fingerprint density at radius 1 is 1.38 bits per heavy atom. The van der Waals surface area contributed by atoms with Gasteiger partial charge in [0.05, 0.1) is 12.2 Å². The highest BCUT2D eigenvalue weighted by atomic mass is 32.1.